The minimum absolute atomic E-state index is 0.0243. The highest BCUT2D eigenvalue weighted by atomic mass is 16.5. The molecule has 0 saturated carbocycles. The van der Waals surface area contributed by atoms with Crippen LogP contribution in [0.15, 0.2) is 12.5 Å². The van der Waals surface area contributed by atoms with Crippen molar-refractivity contribution < 1.29 is 9.53 Å². The second kappa shape index (κ2) is 7.78. The number of hydrogen-bond acceptors (Lipinski definition) is 7. The van der Waals surface area contributed by atoms with Gasteiger partial charge in [-0.2, -0.15) is 5.10 Å². The maximum absolute atomic E-state index is 12.7. The molecule has 1 atom stereocenters. The van der Waals surface area contributed by atoms with E-state index in [4.69, 9.17) is 9.72 Å². The van der Waals surface area contributed by atoms with Crippen molar-refractivity contribution in [3.05, 3.63) is 18.2 Å². The van der Waals surface area contributed by atoms with Crippen molar-refractivity contribution in [2.75, 3.05) is 31.6 Å². The Labute approximate surface area is 168 Å². The van der Waals surface area contributed by atoms with Crippen molar-refractivity contribution in [2.24, 2.45) is 7.05 Å². The number of carbonyl (C=O) groups is 1. The van der Waals surface area contributed by atoms with Crippen LogP contribution in [0.3, 0.4) is 0 Å². The molecule has 4 heterocycles. The molecule has 10 nitrogen and oxygen atoms in total. The second-order valence-corrected chi connectivity index (χ2v) is 7.15. The zero-order valence-corrected chi connectivity index (χ0v) is 17.2. The largest absolute Gasteiger partial charge is 0.378 e. The molecule has 0 aromatic carbocycles. The fourth-order valence-corrected chi connectivity index (χ4v) is 3.65. The molecule has 1 unspecified atom stereocenters. The van der Waals surface area contributed by atoms with Crippen LogP contribution in [0.25, 0.3) is 22.6 Å². The van der Waals surface area contributed by atoms with E-state index in [1.165, 1.54) is 6.33 Å². The van der Waals surface area contributed by atoms with Crippen molar-refractivity contribution in [3.63, 3.8) is 0 Å². The number of hydrogen-bond donors (Lipinski definition) is 1. The van der Waals surface area contributed by atoms with E-state index in [2.05, 4.69) is 27.3 Å². The van der Waals surface area contributed by atoms with E-state index < -0.39 is 6.04 Å². The van der Waals surface area contributed by atoms with E-state index in [9.17, 15) is 4.79 Å². The number of fused-ring (bicyclic) bond motifs is 1. The summed E-state index contributed by atoms with van der Waals surface area (Å²) in [5, 5.41) is 7.64. The molecule has 0 aliphatic carbocycles. The molecule has 0 radical (unpaired) electrons. The summed E-state index contributed by atoms with van der Waals surface area (Å²) in [5.74, 6) is 1.34. The first-order valence-electron chi connectivity index (χ1n) is 9.84. The lowest BCUT2D eigenvalue weighted by atomic mass is 10.2. The van der Waals surface area contributed by atoms with E-state index in [0.717, 1.165) is 23.6 Å². The Morgan fingerprint density at radius 3 is 2.76 bits per heavy atom. The molecule has 1 fully saturated rings. The van der Waals surface area contributed by atoms with Crippen LogP contribution in [0.5, 0.6) is 0 Å². The first kappa shape index (κ1) is 19.3. The van der Waals surface area contributed by atoms with Gasteiger partial charge < -0.3 is 19.5 Å². The first-order valence-corrected chi connectivity index (χ1v) is 9.84. The van der Waals surface area contributed by atoms with Gasteiger partial charge in [0.1, 0.15) is 18.2 Å². The highest BCUT2D eigenvalue weighted by Crippen LogP contribution is 2.28. The third-order valence-electron chi connectivity index (χ3n) is 5.35. The number of carbonyl (C=O) groups excluding carboxylic acids is 1. The molecule has 154 valence electrons. The minimum atomic E-state index is -0.429. The molecule has 10 heteroatoms. The molecule has 3 aromatic heterocycles. The lowest BCUT2D eigenvalue weighted by Gasteiger charge is -2.29. The number of imidazole rings is 1. The van der Waals surface area contributed by atoms with Crippen LogP contribution in [0.4, 0.5) is 5.82 Å². The summed E-state index contributed by atoms with van der Waals surface area (Å²) in [4.78, 5) is 28.1. The van der Waals surface area contributed by atoms with Crippen molar-refractivity contribution in [1.82, 2.24) is 34.2 Å². The summed E-state index contributed by atoms with van der Waals surface area (Å²) in [6.45, 7) is 9.08. The van der Waals surface area contributed by atoms with Gasteiger partial charge in [-0.05, 0) is 20.8 Å². The van der Waals surface area contributed by atoms with Gasteiger partial charge in [0.2, 0.25) is 5.91 Å². The highest BCUT2D eigenvalue weighted by molar-refractivity contribution is 5.90. The van der Waals surface area contributed by atoms with Gasteiger partial charge in [-0.1, -0.05) is 0 Å². The molecule has 3 aromatic rings. The first-order chi connectivity index (χ1) is 14.0. The van der Waals surface area contributed by atoms with Crippen LogP contribution >= 0.6 is 0 Å². The third-order valence-corrected chi connectivity index (χ3v) is 5.35. The number of amides is 1. The summed E-state index contributed by atoms with van der Waals surface area (Å²) in [6, 6.07) is -0.429. The molecule has 29 heavy (non-hydrogen) atoms. The van der Waals surface area contributed by atoms with Crippen LogP contribution in [0.2, 0.25) is 0 Å². The molecular formula is C19H26N8O2. The quantitative estimate of drug-likeness (QED) is 0.689. The van der Waals surface area contributed by atoms with Gasteiger partial charge in [0.15, 0.2) is 17.0 Å². The topological polar surface area (TPSA) is 103 Å². The normalized spacial score (nSPS) is 15.7. The molecular weight excluding hydrogens is 372 g/mol. The zero-order valence-electron chi connectivity index (χ0n) is 17.2. The smallest absolute Gasteiger partial charge is 0.244 e. The van der Waals surface area contributed by atoms with Gasteiger partial charge in [-0.25, -0.2) is 15.0 Å². The Morgan fingerprint density at radius 2 is 2.07 bits per heavy atom. The lowest BCUT2D eigenvalue weighted by molar-refractivity contribution is -0.135. The van der Waals surface area contributed by atoms with Gasteiger partial charge >= 0.3 is 0 Å². The van der Waals surface area contributed by atoms with Gasteiger partial charge in [0.25, 0.3) is 0 Å². The van der Waals surface area contributed by atoms with E-state index >= 15 is 0 Å². The predicted octanol–water partition coefficient (Wildman–Crippen LogP) is 1.21. The fourth-order valence-electron chi connectivity index (χ4n) is 3.65. The standard InChI is InChI=1S/C19H26N8O2/c1-5-27-13(3)14(10-22-27)17-24-15-16(20-11-21-18(15)25(17)4)23-12(2)19(28)26-6-8-29-9-7-26/h10-12H,5-9H2,1-4H3,(H,20,21,23). The third kappa shape index (κ3) is 3.44. The molecule has 1 saturated heterocycles. The average molecular weight is 398 g/mol. The number of morpholine rings is 1. The monoisotopic (exact) mass is 398 g/mol. The van der Waals surface area contributed by atoms with E-state index in [-0.39, 0.29) is 5.91 Å². The Balaban J connectivity index is 1.65. The number of aryl methyl sites for hydroxylation is 2. The molecule has 1 aliphatic heterocycles. The molecule has 4 rings (SSSR count). The Morgan fingerprint density at radius 1 is 1.31 bits per heavy atom. The van der Waals surface area contributed by atoms with Crippen LogP contribution in [0, 0.1) is 6.92 Å². The minimum Gasteiger partial charge on any atom is -0.378 e. The summed E-state index contributed by atoms with van der Waals surface area (Å²) in [5.41, 5.74) is 3.34. The number of nitrogens with one attached hydrogen (secondary N) is 1. The van der Waals surface area contributed by atoms with Gasteiger partial charge in [0.05, 0.1) is 25.0 Å². The zero-order chi connectivity index (χ0) is 20.5. The van der Waals surface area contributed by atoms with Crippen LogP contribution < -0.4 is 5.32 Å². The number of anilines is 1. The Kier molecular flexibility index (Phi) is 5.18. The summed E-state index contributed by atoms with van der Waals surface area (Å²) >= 11 is 0. The SMILES string of the molecule is CCn1ncc(-c2nc3c(NC(C)C(=O)N4CCOCC4)ncnc3n2C)c1C. The molecule has 1 amide bonds. The van der Waals surface area contributed by atoms with E-state index in [0.29, 0.717) is 43.3 Å². The Bertz CT molecular complexity index is 1030. The predicted molar refractivity (Wildman–Crippen MR) is 108 cm³/mol. The maximum atomic E-state index is 12.7. The fraction of sp³-hybridized carbons (Fsp3) is 0.526. The number of aromatic nitrogens is 6. The Hall–Kier alpha value is -3.01. The van der Waals surface area contributed by atoms with Crippen molar-refractivity contribution in [3.8, 4) is 11.4 Å². The van der Waals surface area contributed by atoms with Crippen LogP contribution in [0.1, 0.15) is 19.5 Å². The van der Waals surface area contributed by atoms with Gasteiger partial charge in [-0.15, -0.1) is 0 Å². The molecule has 0 spiro atoms. The van der Waals surface area contributed by atoms with Gasteiger partial charge in [0, 0.05) is 32.4 Å². The van der Waals surface area contributed by atoms with E-state index in [1.54, 1.807) is 0 Å². The molecule has 1 aliphatic rings. The van der Waals surface area contributed by atoms with Crippen molar-refractivity contribution in [2.45, 2.75) is 33.4 Å². The number of rotatable bonds is 5. The van der Waals surface area contributed by atoms with Crippen LogP contribution in [-0.2, 0) is 23.1 Å². The average Bonchev–Trinajstić information content (AvgIpc) is 3.28. The van der Waals surface area contributed by atoms with Crippen molar-refractivity contribution in [1.29, 1.82) is 0 Å². The summed E-state index contributed by atoms with van der Waals surface area (Å²) < 4.78 is 9.19. The lowest BCUT2D eigenvalue weighted by Crippen LogP contribution is -2.47. The second-order valence-electron chi connectivity index (χ2n) is 7.15. The maximum Gasteiger partial charge on any atom is 0.244 e. The summed E-state index contributed by atoms with van der Waals surface area (Å²) in [6.07, 6.45) is 3.32. The number of nitrogens with zero attached hydrogens (tertiary/aromatic N) is 7. The van der Waals surface area contributed by atoms with Crippen LogP contribution in [-0.4, -0.2) is 72.5 Å². The van der Waals surface area contributed by atoms with E-state index in [1.807, 2.05) is 41.2 Å². The molecule has 0 bridgehead atoms. The van der Waals surface area contributed by atoms with Gasteiger partial charge in [-0.3, -0.25) is 9.48 Å². The number of ether oxygens (including phenoxy) is 1. The van der Waals surface area contributed by atoms with Crippen molar-refractivity contribution >= 4 is 22.9 Å². The molecule has 1 N–H and O–H groups in total. The highest BCUT2D eigenvalue weighted by Gasteiger charge is 2.24. The summed E-state index contributed by atoms with van der Waals surface area (Å²) in [7, 11) is 1.92.